The van der Waals surface area contributed by atoms with Crippen molar-refractivity contribution in [1.29, 1.82) is 0 Å². The highest BCUT2D eigenvalue weighted by Gasteiger charge is 2.17. The zero-order valence-corrected chi connectivity index (χ0v) is 29.3. The van der Waals surface area contributed by atoms with Crippen LogP contribution in [0.1, 0.15) is 0 Å². The molecule has 0 N–H and O–H groups in total. The van der Waals surface area contributed by atoms with Crippen molar-refractivity contribution < 1.29 is 8.83 Å². The van der Waals surface area contributed by atoms with Crippen molar-refractivity contribution in [1.82, 2.24) is 38.7 Å². The predicted octanol–water partition coefficient (Wildman–Crippen LogP) is 11.0. The van der Waals surface area contributed by atoms with E-state index < -0.39 is 0 Å². The summed E-state index contributed by atoms with van der Waals surface area (Å²) in [6.45, 7) is 0. The Morgan fingerprint density at radius 3 is 1.29 bits per heavy atom. The third-order valence-electron chi connectivity index (χ3n) is 11.0. The lowest BCUT2D eigenvalue weighted by Gasteiger charge is -2.06. The second-order valence-electron chi connectivity index (χ2n) is 14.1. The van der Waals surface area contributed by atoms with E-state index in [9.17, 15) is 0 Å². The molecule has 9 heterocycles. The fourth-order valence-electron chi connectivity index (χ4n) is 8.45. The summed E-state index contributed by atoms with van der Waals surface area (Å²) in [6.07, 6.45) is 7.45. The molecule has 0 spiro atoms. The van der Waals surface area contributed by atoms with Crippen molar-refractivity contribution in [3.05, 3.63) is 146 Å². The van der Waals surface area contributed by atoms with Gasteiger partial charge in [0.05, 0.1) is 11.0 Å². The quantitative estimate of drug-likeness (QED) is 0.152. The van der Waals surface area contributed by atoms with Gasteiger partial charge in [-0.15, -0.1) is 0 Å². The zero-order chi connectivity index (χ0) is 36.5. The molecule has 0 aliphatic heterocycles. The summed E-state index contributed by atoms with van der Waals surface area (Å²) < 4.78 is 17.1. The normalized spacial score (nSPS) is 12.3. The van der Waals surface area contributed by atoms with Gasteiger partial charge in [-0.1, -0.05) is 60.7 Å². The van der Waals surface area contributed by atoms with Crippen LogP contribution in [0.4, 0.5) is 0 Å². The van der Waals surface area contributed by atoms with Crippen LogP contribution in [0.2, 0.25) is 0 Å². The lowest BCUT2D eigenvalue weighted by molar-refractivity contribution is 0.663. The van der Waals surface area contributed by atoms with Gasteiger partial charge in [-0.2, -0.15) is 0 Å². The number of rotatable bonds is 0. The zero-order valence-electron chi connectivity index (χ0n) is 29.3. The number of benzene rings is 6. The standard InChI is InChI=1S/C46H24N8O2/c1-5-25-6-2-10-30-28-14-20-38(48-22-28)54-24-50-34-16-18-36-42(44(34)54)52-46(56-36)32-12-4-8-26-7-3-11-31(40(26)32)45-51-41-35(55-45)17-15-33-43(41)53(23-49-33)37-19-13-27(21-47-37)29(9-1)39(25)30/h1-24H. The van der Waals surface area contributed by atoms with Crippen LogP contribution in [0.15, 0.2) is 155 Å². The molecule has 15 aromatic rings. The highest BCUT2D eigenvalue weighted by molar-refractivity contribution is 6.19. The van der Waals surface area contributed by atoms with E-state index in [2.05, 4.69) is 60.7 Å². The summed E-state index contributed by atoms with van der Waals surface area (Å²) in [7, 11) is 0. The number of imidazole rings is 2. The molecular formula is C46H24N8O2. The van der Waals surface area contributed by atoms with Crippen LogP contribution in [-0.2, 0) is 0 Å². The lowest BCUT2D eigenvalue weighted by Crippen LogP contribution is -1.88. The Labute approximate surface area is 313 Å². The number of hydrogen-bond acceptors (Lipinski definition) is 8. The van der Waals surface area contributed by atoms with Gasteiger partial charge in [0.25, 0.3) is 0 Å². The molecule has 260 valence electrons. The van der Waals surface area contributed by atoms with Gasteiger partial charge in [-0.05, 0) is 87.6 Å². The SMILES string of the molecule is c1cc2cccc3c4ccc(nc4)n4cnc5ccc6oc(nc6c54)c4cccc5cccc(c6nc7c(ccc8ncn(c9ccc(cn9)c(c1)c23)c87)o6)c54. The van der Waals surface area contributed by atoms with E-state index in [1.54, 1.807) is 12.7 Å². The van der Waals surface area contributed by atoms with Crippen molar-refractivity contribution in [2.24, 2.45) is 0 Å². The Hall–Kier alpha value is -7.98. The Kier molecular flexibility index (Phi) is 5.68. The molecule has 10 heteroatoms. The molecule has 0 saturated carbocycles. The van der Waals surface area contributed by atoms with Crippen molar-refractivity contribution in [2.75, 3.05) is 0 Å². The topological polar surface area (TPSA) is 112 Å². The van der Waals surface area contributed by atoms with E-state index in [0.717, 1.165) is 87.2 Å². The van der Waals surface area contributed by atoms with Gasteiger partial charge in [-0.25, -0.2) is 29.9 Å². The Morgan fingerprint density at radius 1 is 0.393 bits per heavy atom. The molecule has 0 atom stereocenters. The molecule has 0 saturated heterocycles. The molecule has 0 aliphatic carbocycles. The molecule has 6 aromatic carbocycles. The Morgan fingerprint density at radius 2 is 0.839 bits per heavy atom. The summed E-state index contributed by atoms with van der Waals surface area (Å²) in [5.41, 5.74) is 8.30. The number of nitrogens with zero attached hydrogens (tertiary/aromatic N) is 8. The average Bonchev–Trinajstić information content (AvgIpc) is 4.07. The summed E-state index contributed by atoms with van der Waals surface area (Å²) in [6, 6.07) is 41.1. The number of hydrogen-bond donors (Lipinski definition) is 0. The van der Waals surface area contributed by atoms with Gasteiger partial charge in [0.1, 0.15) is 46.0 Å². The highest BCUT2D eigenvalue weighted by atomic mass is 16.3. The average molecular weight is 721 g/mol. The van der Waals surface area contributed by atoms with E-state index in [1.165, 1.54) is 0 Å². The summed E-state index contributed by atoms with van der Waals surface area (Å²) in [5, 5.41) is 9.96. The van der Waals surface area contributed by atoms with Crippen LogP contribution in [0.5, 0.6) is 0 Å². The Balaban J connectivity index is 1.25. The maximum absolute atomic E-state index is 6.57. The minimum Gasteiger partial charge on any atom is -0.436 e. The van der Waals surface area contributed by atoms with Gasteiger partial charge < -0.3 is 8.83 Å². The van der Waals surface area contributed by atoms with Crippen molar-refractivity contribution in [3.8, 4) is 0 Å². The van der Waals surface area contributed by atoms with Crippen LogP contribution < -0.4 is 0 Å². The molecule has 56 heavy (non-hydrogen) atoms. The van der Waals surface area contributed by atoms with E-state index in [-0.39, 0.29) is 0 Å². The van der Waals surface area contributed by atoms with Gasteiger partial charge in [0.2, 0.25) is 11.4 Å². The molecule has 0 radical (unpaired) electrons. The van der Waals surface area contributed by atoms with E-state index in [1.807, 2.05) is 81.9 Å². The van der Waals surface area contributed by atoms with E-state index in [4.69, 9.17) is 38.7 Å². The Bertz CT molecular complexity index is 3680. The summed E-state index contributed by atoms with van der Waals surface area (Å²) in [4.78, 5) is 29.8. The van der Waals surface area contributed by atoms with Crippen LogP contribution in [0.25, 0.3) is 121 Å². The third-order valence-corrected chi connectivity index (χ3v) is 11.0. The fraction of sp³-hybridized carbons (Fsp3) is 0. The first-order valence-electron chi connectivity index (χ1n) is 18.2. The van der Waals surface area contributed by atoms with E-state index in [0.29, 0.717) is 33.6 Å². The van der Waals surface area contributed by atoms with Crippen molar-refractivity contribution >= 4 is 121 Å². The van der Waals surface area contributed by atoms with Gasteiger partial charge in [0.15, 0.2) is 11.2 Å². The highest BCUT2D eigenvalue weighted by Crippen LogP contribution is 2.35. The number of oxazole rings is 2. The first-order chi connectivity index (χ1) is 27.7. The second kappa shape index (κ2) is 10.8. The maximum atomic E-state index is 6.57. The molecule has 8 bridgehead atoms. The smallest absolute Gasteiger partial charge is 0.228 e. The van der Waals surface area contributed by atoms with Crippen LogP contribution in [0, 0.1) is 0 Å². The molecule has 10 nitrogen and oxygen atoms in total. The maximum Gasteiger partial charge on any atom is 0.228 e. The van der Waals surface area contributed by atoms with Gasteiger partial charge in [0, 0.05) is 39.3 Å². The first kappa shape index (κ1) is 29.5. The summed E-state index contributed by atoms with van der Waals surface area (Å²) in [5.74, 6) is 0. The van der Waals surface area contributed by atoms with Crippen LogP contribution in [0.3, 0.4) is 0 Å². The molecule has 0 unspecified atom stereocenters. The number of aromatic nitrogens is 8. The largest absolute Gasteiger partial charge is 0.436 e. The molecular weight excluding hydrogens is 697 g/mol. The lowest BCUT2D eigenvalue weighted by atomic mass is 10.00. The van der Waals surface area contributed by atoms with Crippen molar-refractivity contribution in [2.45, 2.75) is 0 Å². The number of fused-ring (bicyclic) bond motifs is 2. The number of pyridine rings is 2. The molecule has 9 aromatic heterocycles. The third kappa shape index (κ3) is 4.04. The van der Waals surface area contributed by atoms with Crippen molar-refractivity contribution in [3.63, 3.8) is 0 Å². The van der Waals surface area contributed by atoms with Crippen LogP contribution >= 0.6 is 0 Å². The predicted molar refractivity (Wildman–Crippen MR) is 221 cm³/mol. The molecule has 15 rings (SSSR count). The minimum absolute atomic E-state index is 0.480. The summed E-state index contributed by atoms with van der Waals surface area (Å²) >= 11 is 0. The van der Waals surface area contributed by atoms with Gasteiger partial charge >= 0.3 is 0 Å². The second-order valence-corrected chi connectivity index (χ2v) is 14.1. The molecule has 0 aliphatic rings. The first-order valence-corrected chi connectivity index (χ1v) is 18.2. The monoisotopic (exact) mass is 720 g/mol. The molecule has 0 fully saturated rings. The minimum atomic E-state index is 0.480. The van der Waals surface area contributed by atoms with E-state index >= 15 is 0 Å². The fourth-order valence-corrected chi connectivity index (χ4v) is 8.45. The molecule has 0 amide bonds. The van der Waals surface area contributed by atoms with Gasteiger partial charge in [-0.3, -0.25) is 8.80 Å². The van der Waals surface area contributed by atoms with Crippen LogP contribution in [-0.4, -0.2) is 38.7 Å².